The predicted octanol–water partition coefficient (Wildman–Crippen LogP) is 1.65. The SMILES string of the molecule is CCC1CC1NC(=O)c1cccc(NC)n1. The van der Waals surface area contributed by atoms with E-state index in [0.29, 0.717) is 17.7 Å². The second kappa shape index (κ2) is 4.51. The molecule has 1 aliphatic carbocycles. The van der Waals surface area contributed by atoms with Crippen LogP contribution >= 0.6 is 0 Å². The fraction of sp³-hybridized carbons (Fsp3) is 0.500. The van der Waals surface area contributed by atoms with Gasteiger partial charge >= 0.3 is 0 Å². The molecule has 1 aliphatic rings. The highest BCUT2D eigenvalue weighted by atomic mass is 16.2. The van der Waals surface area contributed by atoms with Crippen LogP contribution in [-0.2, 0) is 0 Å². The molecule has 0 aliphatic heterocycles. The van der Waals surface area contributed by atoms with Gasteiger partial charge in [0, 0.05) is 13.1 Å². The first-order chi connectivity index (χ1) is 7.74. The van der Waals surface area contributed by atoms with Crippen LogP contribution in [0.4, 0.5) is 5.82 Å². The lowest BCUT2D eigenvalue weighted by molar-refractivity contribution is 0.0944. The zero-order valence-corrected chi connectivity index (χ0v) is 9.66. The number of nitrogens with one attached hydrogen (secondary N) is 2. The summed E-state index contributed by atoms with van der Waals surface area (Å²) in [6.45, 7) is 2.15. The van der Waals surface area contributed by atoms with Crippen molar-refractivity contribution in [2.75, 3.05) is 12.4 Å². The number of hydrogen-bond acceptors (Lipinski definition) is 3. The van der Waals surface area contributed by atoms with E-state index < -0.39 is 0 Å². The molecule has 4 heteroatoms. The van der Waals surface area contributed by atoms with E-state index in [2.05, 4.69) is 22.5 Å². The largest absolute Gasteiger partial charge is 0.373 e. The standard InChI is InChI=1S/C12H17N3O/c1-3-8-7-10(8)15-12(16)9-5-4-6-11(13-2)14-9/h4-6,8,10H,3,7H2,1-2H3,(H,13,14)(H,15,16). The highest BCUT2D eigenvalue weighted by Gasteiger charge is 2.36. The van der Waals surface area contributed by atoms with Crippen molar-refractivity contribution in [2.45, 2.75) is 25.8 Å². The second-order valence-corrected chi connectivity index (χ2v) is 4.14. The van der Waals surface area contributed by atoms with Crippen LogP contribution in [0.3, 0.4) is 0 Å². The maximum absolute atomic E-state index is 11.8. The van der Waals surface area contributed by atoms with E-state index in [1.54, 1.807) is 13.1 Å². The molecular formula is C12H17N3O. The summed E-state index contributed by atoms with van der Waals surface area (Å²) in [4.78, 5) is 16.0. The monoisotopic (exact) mass is 219 g/mol. The molecule has 1 saturated carbocycles. The number of carbonyl (C=O) groups excluding carboxylic acids is 1. The maximum Gasteiger partial charge on any atom is 0.270 e. The van der Waals surface area contributed by atoms with E-state index in [1.807, 2.05) is 12.1 Å². The van der Waals surface area contributed by atoms with Crippen molar-refractivity contribution in [1.82, 2.24) is 10.3 Å². The van der Waals surface area contributed by atoms with Crippen LogP contribution < -0.4 is 10.6 Å². The first-order valence-corrected chi connectivity index (χ1v) is 5.70. The summed E-state index contributed by atoms with van der Waals surface area (Å²) in [6.07, 6.45) is 2.24. The number of aromatic nitrogens is 1. The van der Waals surface area contributed by atoms with E-state index in [4.69, 9.17) is 0 Å². The quantitative estimate of drug-likeness (QED) is 0.809. The Labute approximate surface area is 95.5 Å². The summed E-state index contributed by atoms with van der Waals surface area (Å²) >= 11 is 0. The molecule has 4 nitrogen and oxygen atoms in total. The minimum absolute atomic E-state index is 0.0712. The predicted molar refractivity (Wildman–Crippen MR) is 63.4 cm³/mol. The van der Waals surface area contributed by atoms with Crippen molar-refractivity contribution in [3.05, 3.63) is 23.9 Å². The lowest BCUT2D eigenvalue weighted by atomic mass is 10.3. The molecule has 16 heavy (non-hydrogen) atoms. The highest BCUT2D eigenvalue weighted by molar-refractivity contribution is 5.93. The molecule has 1 aromatic rings. The Morgan fingerprint density at radius 2 is 2.38 bits per heavy atom. The van der Waals surface area contributed by atoms with Crippen molar-refractivity contribution in [1.29, 1.82) is 0 Å². The first-order valence-electron chi connectivity index (χ1n) is 5.70. The molecular weight excluding hydrogens is 202 g/mol. The minimum atomic E-state index is -0.0712. The number of carbonyl (C=O) groups is 1. The topological polar surface area (TPSA) is 54.0 Å². The molecule has 0 radical (unpaired) electrons. The molecule has 2 rings (SSSR count). The van der Waals surface area contributed by atoms with Crippen molar-refractivity contribution < 1.29 is 4.79 Å². The molecule has 1 heterocycles. The van der Waals surface area contributed by atoms with Gasteiger partial charge in [0.2, 0.25) is 0 Å². The average Bonchev–Trinajstić information content (AvgIpc) is 3.07. The van der Waals surface area contributed by atoms with E-state index in [0.717, 1.165) is 18.7 Å². The van der Waals surface area contributed by atoms with Crippen molar-refractivity contribution in [3.8, 4) is 0 Å². The van der Waals surface area contributed by atoms with Gasteiger partial charge in [-0.05, 0) is 24.5 Å². The number of nitrogens with zero attached hydrogens (tertiary/aromatic N) is 1. The Kier molecular flexibility index (Phi) is 3.08. The van der Waals surface area contributed by atoms with Gasteiger partial charge in [0.05, 0.1) is 0 Å². The normalized spacial score (nSPS) is 22.6. The van der Waals surface area contributed by atoms with E-state index in [-0.39, 0.29) is 5.91 Å². The second-order valence-electron chi connectivity index (χ2n) is 4.14. The van der Waals surface area contributed by atoms with Crippen LogP contribution in [0.2, 0.25) is 0 Å². The zero-order chi connectivity index (χ0) is 11.5. The van der Waals surface area contributed by atoms with Gasteiger partial charge in [-0.15, -0.1) is 0 Å². The summed E-state index contributed by atoms with van der Waals surface area (Å²) in [6, 6.07) is 5.76. The fourth-order valence-corrected chi connectivity index (χ4v) is 1.82. The summed E-state index contributed by atoms with van der Waals surface area (Å²) in [5.74, 6) is 1.31. The van der Waals surface area contributed by atoms with E-state index in [1.165, 1.54) is 0 Å². The van der Waals surface area contributed by atoms with E-state index >= 15 is 0 Å². The van der Waals surface area contributed by atoms with Gasteiger partial charge < -0.3 is 10.6 Å². The zero-order valence-electron chi connectivity index (χ0n) is 9.66. The summed E-state index contributed by atoms with van der Waals surface area (Å²) < 4.78 is 0. The molecule has 0 bridgehead atoms. The van der Waals surface area contributed by atoms with Crippen molar-refractivity contribution >= 4 is 11.7 Å². The third kappa shape index (κ3) is 2.32. The van der Waals surface area contributed by atoms with Gasteiger partial charge in [-0.2, -0.15) is 0 Å². The minimum Gasteiger partial charge on any atom is -0.373 e. The Morgan fingerprint density at radius 1 is 1.56 bits per heavy atom. The average molecular weight is 219 g/mol. The van der Waals surface area contributed by atoms with Gasteiger partial charge in [-0.3, -0.25) is 4.79 Å². The van der Waals surface area contributed by atoms with Crippen LogP contribution in [0.5, 0.6) is 0 Å². The summed E-state index contributed by atoms with van der Waals surface area (Å²) in [5.41, 5.74) is 0.480. The molecule has 2 unspecified atom stereocenters. The van der Waals surface area contributed by atoms with Crippen LogP contribution in [-0.4, -0.2) is 24.0 Å². The third-order valence-corrected chi connectivity index (χ3v) is 3.00. The Balaban J connectivity index is 1.98. The molecule has 86 valence electrons. The van der Waals surface area contributed by atoms with Crippen LogP contribution in [0.15, 0.2) is 18.2 Å². The maximum atomic E-state index is 11.8. The summed E-state index contributed by atoms with van der Waals surface area (Å²) in [5, 5.41) is 5.91. The molecule has 1 fully saturated rings. The molecule has 1 aromatic heterocycles. The third-order valence-electron chi connectivity index (χ3n) is 3.00. The van der Waals surface area contributed by atoms with Crippen LogP contribution in [0, 0.1) is 5.92 Å². The number of amides is 1. The van der Waals surface area contributed by atoms with Gasteiger partial charge in [0.15, 0.2) is 0 Å². The number of pyridine rings is 1. The molecule has 0 saturated heterocycles. The lowest BCUT2D eigenvalue weighted by Gasteiger charge is -2.05. The molecule has 1 amide bonds. The van der Waals surface area contributed by atoms with Gasteiger partial charge in [-0.1, -0.05) is 19.4 Å². The highest BCUT2D eigenvalue weighted by Crippen LogP contribution is 2.33. The Bertz CT molecular complexity index is 392. The van der Waals surface area contributed by atoms with Gasteiger partial charge in [0.1, 0.15) is 11.5 Å². The van der Waals surface area contributed by atoms with Crippen molar-refractivity contribution in [3.63, 3.8) is 0 Å². The number of anilines is 1. The Morgan fingerprint density at radius 3 is 3.00 bits per heavy atom. The fourth-order valence-electron chi connectivity index (χ4n) is 1.82. The number of hydrogen-bond donors (Lipinski definition) is 2. The molecule has 0 aromatic carbocycles. The van der Waals surface area contributed by atoms with E-state index in [9.17, 15) is 4.79 Å². The van der Waals surface area contributed by atoms with Gasteiger partial charge in [0.25, 0.3) is 5.91 Å². The first kappa shape index (κ1) is 10.9. The lowest BCUT2D eigenvalue weighted by Crippen LogP contribution is -2.27. The molecule has 2 atom stereocenters. The summed E-state index contributed by atoms with van der Waals surface area (Å²) in [7, 11) is 1.79. The Hall–Kier alpha value is -1.58. The van der Waals surface area contributed by atoms with Gasteiger partial charge in [-0.25, -0.2) is 4.98 Å². The molecule has 2 N–H and O–H groups in total. The molecule has 0 spiro atoms. The van der Waals surface area contributed by atoms with Crippen LogP contribution in [0.1, 0.15) is 30.3 Å². The number of rotatable bonds is 4. The smallest absolute Gasteiger partial charge is 0.270 e. The van der Waals surface area contributed by atoms with Crippen molar-refractivity contribution in [2.24, 2.45) is 5.92 Å². The van der Waals surface area contributed by atoms with Crippen LogP contribution in [0.25, 0.3) is 0 Å².